The van der Waals surface area contributed by atoms with Crippen LogP contribution in [0.25, 0.3) is 0 Å². The van der Waals surface area contributed by atoms with Crippen LogP contribution in [0, 0.1) is 0 Å². The summed E-state index contributed by atoms with van der Waals surface area (Å²) in [5, 5.41) is 0. The molecule has 2 rings (SSSR count). The second kappa shape index (κ2) is 2.27. The molecule has 0 saturated heterocycles. The summed E-state index contributed by atoms with van der Waals surface area (Å²) in [7, 11) is 0.382. The van der Waals surface area contributed by atoms with E-state index < -0.39 is 0 Å². The van der Waals surface area contributed by atoms with Crippen LogP contribution < -0.4 is 0 Å². The lowest BCUT2D eigenvalue weighted by Gasteiger charge is -2.20. The molecule has 0 amide bonds. The van der Waals surface area contributed by atoms with Crippen LogP contribution in [0.3, 0.4) is 0 Å². The Morgan fingerprint density at radius 1 is 1.11 bits per heavy atom. The average molecular weight is 138 g/mol. The van der Waals surface area contributed by atoms with Gasteiger partial charge in [-0.3, -0.25) is 0 Å². The van der Waals surface area contributed by atoms with Crippen molar-refractivity contribution in [2.75, 3.05) is 12.3 Å². The van der Waals surface area contributed by atoms with E-state index >= 15 is 0 Å². The second-order valence-electron chi connectivity index (χ2n) is 2.66. The SMILES string of the molecule is C1=CCP2CC=CC2C1. The Bertz CT molecular complexity index is 158. The minimum Gasteiger partial charge on any atom is -0.0916 e. The molecule has 0 aromatic heterocycles. The predicted octanol–water partition coefficient (Wildman–Crippen LogP) is 2.37. The van der Waals surface area contributed by atoms with E-state index in [2.05, 4.69) is 24.3 Å². The fraction of sp³-hybridized carbons (Fsp3) is 0.500. The van der Waals surface area contributed by atoms with Gasteiger partial charge in [0.2, 0.25) is 0 Å². The van der Waals surface area contributed by atoms with Gasteiger partial charge in [-0.1, -0.05) is 32.2 Å². The normalized spacial score (nSPS) is 39.1. The van der Waals surface area contributed by atoms with Crippen molar-refractivity contribution in [2.24, 2.45) is 0 Å². The van der Waals surface area contributed by atoms with Crippen molar-refractivity contribution in [3.8, 4) is 0 Å². The number of allylic oxidation sites excluding steroid dienone is 4. The van der Waals surface area contributed by atoms with Crippen molar-refractivity contribution in [1.82, 2.24) is 0 Å². The molecule has 0 aromatic carbocycles. The highest BCUT2D eigenvalue weighted by Gasteiger charge is 2.21. The van der Waals surface area contributed by atoms with E-state index in [4.69, 9.17) is 0 Å². The summed E-state index contributed by atoms with van der Waals surface area (Å²) in [5.74, 6) is 0. The third kappa shape index (κ3) is 0.966. The monoisotopic (exact) mass is 138 g/mol. The van der Waals surface area contributed by atoms with Gasteiger partial charge in [-0.15, -0.1) is 0 Å². The quantitative estimate of drug-likeness (QED) is 0.356. The maximum atomic E-state index is 2.41. The van der Waals surface area contributed by atoms with E-state index in [9.17, 15) is 0 Å². The number of rotatable bonds is 0. The van der Waals surface area contributed by atoms with Crippen LogP contribution in [0.5, 0.6) is 0 Å². The largest absolute Gasteiger partial charge is 0.0916 e. The summed E-state index contributed by atoms with van der Waals surface area (Å²) >= 11 is 0. The molecule has 0 radical (unpaired) electrons. The van der Waals surface area contributed by atoms with Gasteiger partial charge in [0.15, 0.2) is 0 Å². The van der Waals surface area contributed by atoms with E-state index in [1.165, 1.54) is 18.7 Å². The number of hydrogen-bond donors (Lipinski definition) is 0. The molecular weight excluding hydrogens is 127 g/mol. The van der Waals surface area contributed by atoms with Crippen molar-refractivity contribution in [1.29, 1.82) is 0 Å². The smallest absolute Gasteiger partial charge is 0.00106 e. The third-order valence-electron chi connectivity index (χ3n) is 2.05. The maximum absolute atomic E-state index is 2.41. The molecule has 2 unspecified atom stereocenters. The molecule has 0 bridgehead atoms. The molecule has 48 valence electrons. The number of fused-ring (bicyclic) bond motifs is 1. The predicted molar refractivity (Wildman–Crippen MR) is 43.3 cm³/mol. The highest BCUT2D eigenvalue weighted by Crippen LogP contribution is 2.49. The lowest BCUT2D eigenvalue weighted by Crippen LogP contribution is -2.02. The Labute approximate surface area is 57.4 Å². The van der Waals surface area contributed by atoms with E-state index in [-0.39, 0.29) is 0 Å². The zero-order chi connectivity index (χ0) is 6.10. The van der Waals surface area contributed by atoms with Crippen molar-refractivity contribution in [3.05, 3.63) is 24.3 Å². The van der Waals surface area contributed by atoms with Gasteiger partial charge in [-0.05, 0) is 18.7 Å². The Morgan fingerprint density at radius 2 is 2.00 bits per heavy atom. The van der Waals surface area contributed by atoms with Gasteiger partial charge in [0.25, 0.3) is 0 Å². The summed E-state index contributed by atoms with van der Waals surface area (Å²) < 4.78 is 0. The molecule has 0 nitrogen and oxygen atoms in total. The zero-order valence-electron chi connectivity index (χ0n) is 5.46. The summed E-state index contributed by atoms with van der Waals surface area (Å²) in [6.07, 6.45) is 13.6. The summed E-state index contributed by atoms with van der Waals surface area (Å²) in [4.78, 5) is 0. The molecule has 0 saturated carbocycles. The standard InChI is InChI=1S/C8H11P/c1-2-6-9-7-3-5-8(9)4-1/h1-3,5,8H,4,6-7H2. The molecule has 9 heavy (non-hydrogen) atoms. The summed E-state index contributed by atoms with van der Waals surface area (Å²) in [6.45, 7) is 0. The van der Waals surface area contributed by atoms with Gasteiger partial charge < -0.3 is 0 Å². The Kier molecular flexibility index (Phi) is 1.43. The molecule has 0 aromatic rings. The molecule has 2 aliphatic rings. The van der Waals surface area contributed by atoms with Crippen molar-refractivity contribution < 1.29 is 0 Å². The molecule has 0 N–H and O–H groups in total. The van der Waals surface area contributed by atoms with Crippen molar-refractivity contribution in [2.45, 2.75) is 12.1 Å². The first-order valence-corrected chi connectivity index (χ1v) is 5.30. The van der Waals surface area contributed by atoms with Crippen LogP contribution in [-0.4, -0.2) is 18.0 Å². The van der Waals surface area contributed by atoms with Crippen LogP contribution in [0.2, 0.25) is 0 Å². The van der Waals surface area contributed by atoms with Gasteiger partial charge >= 0.3 is 0 Å². The first-order chi connectivity index (χ1) is 4.47. The van der Waals surface area contributed by atoms with E-state index in [1.807, 2.05) is 0 Å². The highest BCUT2D eigenvalue weighted by atomic mass is 31.1. The minimum atomic E-state index is 0.382. The molecule has 2 heterocycles. The van der Waals surface area contributed by atoms with Crippen molar-refractivity contribution >= 4 is 7.92 Å². The highest BCUT2D eigenvalue weighted by molar-refractivity contribution is 7.59. The van der Waals surface area contributed by atoms with Gasteiger partial charge in [0, 0.05) is 5.66 Å². The third-order valence-corrected chi connectivity index (χ3v) is 4.73. The fourth-order valence-corrected chi connectivity index (χ4v) is 3.78. The van der Waals surface area contributed by atoms with Crippen LogP contribution in [0.15, 0.2) is 24.3 Å². The van der Waals surface area contributed by atoms with Crippen LogP contribution in [-0.2, 0) is 0 Å². The summed E-state index contributed by atoms with van der Waals surface area (Å²) in [5.41, 5.74) is 0.963. The van der Waals surface area contributed by atoms with Crippen LogP contribution in [0.1, 0.15) is 6.42 Å². The molecule has 2 aliphatic heterocycles. The molecule has 0 fully saturated rings. The Morgan fingerprint density at radius 3 is 2.89 bits per heavy atom. The fourth-order valence-electron chi connectivity index (χ4n) is 1.49. The van der Waals surface area contributed by atoms with Gasteiger partial charge in [-0.2, -0.15) is 0 Å². The van der Waals surface area contributed by atoms with Gasteiger partial charge in [-0.25, -0.2) is 0 Å². The molecule has 0 spiro atoms. The minimum absolute atomic E-state index is 0.382. The molecular formula is C8H11P. The number of hydrogen-bond acceptors (Lipinski definition) is 0. The van der Waals surface area contributed by atoms with Crippen LogP contribution >= 0.6 is 7.92 Å². The maximum Gasteiger partial charge on any atom is 0.00106 e. The Balaban J connectivity index is 2.13. The van der Waals surface area contributed by atoms with E-state index in [0.717, 1.165) is 5.66 Å². The van der Waals surface area contributed by atoms with Crippen molar-refractivity contribution in [3.63, 3.8) is 0 Å². The Hall–Kier alpha value is -0.0900. The van der Waals surface area contributed by atoms with Crippen LogP contribution in [0.4, 0.5) is 0 Å². The van der Waals surface area contributed by atoms with Gasteiger partial charge in [0.05, 0.1) is 0 Å². The average Bonchev–Trinajstić information content (AvgIpc) is 2.33. The first-order valence-electron chi connectivity index (χ1n) is 3.52. The topological polar surface area (TPSA) is 0 Å². The lowest BCUT2D eigenvalue weighted by atomic mass is 10.2. The second-order valence-corrected chi connectivity index (χ2v) is 5.23. The lowest BCUT2D eigenvalue weighted by molar-refractivity contribution is 1.05. The zero-order valence-corrected chi connectivity index (χ0v) is 6.35. The molecule has 1 heteroatoms. The van der Waals surface area contributed by atoms with E-state index in [0.29, 0.717) is 7.92 Å². The van der Waals surface area contributed by atoms with Gasteiger partial charge in [0.1, 0.15) is 0 Å². The van der Waals surface area contributed by atoms with E-state index in [1.54, 1.807) is 0 Å². The molecule has 0 aliphatic carbocycles. The summed E-state index contributed by atoms with van der Waals surface area (Å²) in [6, 6.07) is 0. The molecule has 2 atom stereocenters. The first kappa shape index (κ1) is 5.68.